The van der Waals surface area contributed by atoms with Gasteiger partial charge in [0.2, 0.25) is 21.8 Å². The van der Waals surface area contributed by atoms with Crippen LogP contribution in [0.4, 0.5) is 11.4 Å². The van der Waals surface area contributed by atoms with Crippen molar-refractivity contribution in [3.63, 3.8) is 0 Å². The molecule has 2 N–H and O–H groups in total. The van der Waals surface area contributed by atoms with Crippen molar-refractivity contribution in [3.05, 3.63) is 89.0 Å². The lowest BCUT2D eigenvalue weighted by molar-refractivity contribution is -0.118. The van der Waals surface area contributed by atoms with Gasteiger partial charge in [-0.25, -0.2) is 8.42 Å². The Kier molecular flexibility index (Phi) is 7.05. The lowest BCUT2D eigenvalue weighted by Gasteiger charge is -2.20. The maximum atomic E-state index is 13.3. The SMILES string of the molecule is CC(=O)N1CCc2cc(S(=O)(=O)N[C@@H](Cc3ccccc3)C(=O)Nc3ccc(C)c(C)c3)ccc21. The van der Waals surface area contributed by atoms with E-state index in [9.17, 15) is 18.0 Å². The topological polar surface area (TPSA) is 95.6 Å². The number of anilines is 2. The molecule has 1 aliphatic heterocycles. The molecule has 1 aliphatic rings. The molecule has 1 heterocycles. The largest absolute Gasteiger partial charge is 0.325 e. The van der Waals surface area contributed by atoms with E-state index in [4.69, 9.17) is 0 Å². The molecule has 7 nitrogen and oxygen atoms in total. The van der Waals surface area contributed by atoms with E-state index >= 15 is 0 Å². The monoisotopic (exact) mass is 491 g/mol. The predicted octanol–water partition coefficient (Wildman–Crippen LogP) is 3.74. The summed E-state index contributed by atoms with van der Waals surface area (Å²) in [5.41, 5.74) is 5.09. The molecule has 0 fully saturated rings. The molecule has 3 aromatic carbocycles. The average Bonchev–Trinajstić information content (AvgIpc) is 3.25. The predicted molar refractivity (Wildman–Crippen MR) is 137 cm³/mol. The minimum atomic E-state index is -4.01. The zero-order valence-corrected chi connectivity index (χ0v) is 20.9. The number of amides is 2. The maximum absolute atomic E-state index is 13.3. The van der Waals surface area contributed by atoms with E-state index in [0.29, 0.717) is 18.7 Å². The third kappa shape index (κ3) is 5.61. The zero-order chi connectivity index (χ0) is 25.2. The van der Waals surface area contributed by atoms with Gasteiger partial charge in [-0.1, -0.05) is 36.4 Å². The van der Waals surface area contributed by atoms with Crippen molar-refractivity contribution in [2.75, 3.05) is 16.8 Å². The highest BCUT2D eigenvalue weighted by Gasteiger charge is 2.29. The molecule has 0 unspecified atom stereocenters. The van der Waals surface area contributed by atoms with Crippen LogP contribution in [0.5, 0.6) is 0 Å². The molecule has 182 valence electrons. The van der Waals surface area contributed by atoms with Gasteiger partial charge in [-0.15, -0.1) is 0 Å². The van der Waals surface area contributed by atoms with Gasteiger partial charge < -0.3 is 10.2 Å². The molecule has 8 heteroatoms. The number of hydrogen-bond donors (Lipinski definition) is 2. The highest BCUT2D eigenvalue weighted by molar-refractivity contribution is 7.89. The normalized spacial score (nSPS) is 13.9. The quantitative estimate of drug-likeness (QED) is 0.526. The molecule has 0 bridgehead atoms. The van der Waals surface area contributed by atoms with Crippen LogP contribution < -0.4 is 14.9 Å². The van der Waals surface area contributed by atoms with Gasteiger partial charge in [-0.2, -0.15) is 4.72 Å². The molecule has 3 aromatic rings. The van der Waals surface area contributed by atoms with Gasteiger partial charge in [0.25, 0.3) is 0 Å². The minimum absolute atomic E-state index is 0.0682. The van der Waals surface area contributed by atoms with Crippen LogP contribution in [0.15, 0.2) is 71.6 Å². The summed E-state index contributed by atoms with van der Waals surface area (Å²) in [4.78, 5) is 26.8. The van der Waals surface area contributed by atoms with Crippen molar-refractivity contribution in [2.24, 2.45) is 0 Å². The van der Waals surface area contributed by atoms with Crippen molar-refractivity contribution in [2.45, 2.75) is 44.6 Å². The fourth-order valence-corrected chi connectivity index (χ4v) is 5.46. The number of carbonyl (C=O) groups excluding carboxylic acids is 2. The first kappa shape index (κ1) is 24.6. The van der Waals surface area contributed by atoms with Crippen molar-refractivity contribution in [1.29, 1.82) is 0 Å². The number of hydrogen-bond acceptors (Lipinski definition) is 4. The van der Waals surface area contributed by atoms with Gasteiger partial charge in [0.15, 0.2) is 0 Å². The van der Waals surface area contributed by atoms with Gasteiger partial charge >= 0.3 is 0 Å². The third-order valence-electron chi connectivity index (χ3n) is 6.31. The summed E-state index contributed by atoms with van der Waals surface area (Å²) in [6.07, 6.45) is 0.777. The van der Waals surface area contributed by atoms with E-state index in [1.165, 1.54) is 13.0 Å². The molecule has 0 aliphatic carbocycles. The summed E-state index contributed by atoms with van der Waals surface area (Å²) in [5, 5.41) is 2.85. The molecule has 0 saturated carbocycles. The van der Waals surface area contributed by atoms with Crippen molar-refractivity contribution >= 4 is 33.2 Å². The molecule has 1 atom stereocenters. The Morgan fingerprint density at radius 3 is 2.40 bits per heavy atom. The van der Waals surface area contributed by atoms with E-state index in [-0.39, 0.29) is 17.2 Å². The van der Waals surface area contributed by atoms with Crippen LogP contribution in [0.1, 0.15) is 29.2 Å². The lowest BCUT2D eigenvalue weighted by atomic mass is 10.1. The Morgan fingerprint density at radius 1 is 0.971 bits per heavy atom. The summed E-state index contributed by atoms with van der Waals surface area (Å²) in [6, 6.07) is 18.6. The van der Waals surface area contributed by atoms with Gasteiger partial charge in [0.05, 0.1) is 4.90 Å². The number of rotatable bonds is 7. The second-order valence-corrected chi connectivity index (χ2v) is 10.6. The molecule has 4 rings (SSSR count). The second kappa shape index (κ2) is 10.0. The van der Waals surface area contributed by atoms with Gasteiger partial charge in [-0.05, 0) is 79.3 Å². The number of nitrogens with zero attached hydrogens (tertiary/aromatic N) is 1. The molecule has 0 aromatic heterocycles. The molecular weight excluding hydrogens is 462 g/mol. The molecule has 0 saturated heterocycles. The van der Waals surface area contributed by atoms with Crippen LogP contribution >= 0.6 is 0 Å². The number of nitrogens with one attached hydrogen (secondary N) is 2. The molecule has 35 heavy (non-hydrogen) atoms. The Balaban J connectivity index is 1.60. The van der Waals surface area contributed by atoms with Gasteiger partial charge in [-0.3, -0.25) is 9.59 Å². The summed E-state index contributed by atoms with van der Waals surface area (Å²) in [6.45, 7) is 5.95. The summed E-state index contributed by atoms with van der Waals surface area (Å²) in [5.74, 6) is -0.520. The Hall–Kier alpha value is -3.49. The average molecular weight is 492 g/mol. The summed E-state index contributed by atoms with van der Waals surface area (Å²) < 4.78 is 29.3. The Morgan fingerprint density at radius 2 is 1.71 bits per heavy atom. The first-order valence-electron chi connectivity index (χ1n) is 11.5. The summed E-state index contributed by atoms with van der Waals surface area (Å²) >= 11 is 0. The van der Waals surface area contributed by atoms with Crippen LogP contribution in [-0.4, -0.2) is 32.8 Å². The third-order valence-corrected chi connectivity index (χ3v) is 7.78. The highest BCUT2D eigenvalue weighted by atomic mass is 32.2. The van der Waals surface area contributed by atoms with Crippen LogP contribution in [-0.2, 0) is 32.5 Å². The fourth-order valence-electron chi connectivity index (χ4n) is 4.21. The van der Waals surface area contributed by atoms with E-state index in [1.54, 1.807) is 23.1 Å². The molecule has 0 spiro atoms. The molecule has 0 radical (unpaired) electrons. The van der Waals surface area contributed by atoms with Crippen molar-refractivity contribution in [1.82, 2.24) is 4.72 Å². The molecule has 2 amide bonds. The van der Waals surface area contributed by atoms with Crippen LogP contribution in [0.2, 0.25) is 0 Å². The van der Waals surface area contributed by atoms with Crippen LogP contribution in [0, 0.1) is 13.8 Å². The smallest absolute Gasteiger partial charge is 0.242 e. The van der Waals surface area contributed by atoms with E-state index < -0.39 is 22.0 Å². The Labute approximate surface area is 206 Å². The fraction of sp³-hybridized carbons (Fsp3) is 0.259. The summed E-state index contributed by atoms with van der Waals surface area (Å²) in [7, 11) is -4.01. The Bertz CT molecular complexity index is 1370. The highest BCUT2D eigenvalue weighted by Crippen LogP contribution is 2.30. The molecular formula is C27H29N3O4S. The first-order valence-corrected chi connectivity index (χ1v) is 13.0. The number of sulfonamides is 1. The standard InChI is InChI=1S/C27H29N3O4S/c1-18-9-10-23(15-19(18)2)28-27(32)25(16-21-7-5-4-6-8-21)29-35(33,34)24-11-12-26-22(17-24)13-14-30(26)20(3)31/h4-12,15,17,25,29H,13-14,16H2,1-3H3,(H,28,32)/t25-/m0/s1. The maximum Gasteiger partial charge on any atom is 0.242 e. The first-order chi connectivity index (χ1) is 16.6. The zero-order valence-electron chi connectivity index (χ0n) is 20.0. The van der Waals surface area contributed by atoms with Gasteiger partial charge in [0, 0.05) is 24.8 Å². The minimum Gasteiger partial charge on any atom is -0.325 e. The van der Waals surface area contributed by atoms with Crippen molar-refractivity contribution < 1.29 is 18.0 Å². The number of carbonyl (C=O) groups is 2. The number of aryl methyl sites for hydroxylation is 2. The van der Waals surface area contributed by atoms with E-state index in [2.05, 4.69) is 10.0 Å². The van der Waals surface area contributed by atoms with Crippen molar-refractivity contribution in [3.8, 4) is 0 Å². The lowest BCUT2D eigenvalue weighted by Crippen LogP contribution is -2.45. The van der Waals surface area contributed by atoms with E-state index in [0.717, 1.165) is 27.9 Å². The second-order valence-electron chi connectivity index (χ2n) is 8.86. The van der Waals surface area contributed by atoms with Gasteiger partial charge in [0.1, 0.15) is 6.04 Å². The van der Waals surface area contributed by atoms with Crippen LogP contribution in [0.3, 0.4) is 0 Å². The number of fused-ring (bicyclic) bond motifs is 1. The van der Waals surface area contributed by atoms with Crippen LogP contribution in [0.25, 0.3) is 0 Å². The number of benzene rings is 3. The van der Waals surface area contributed by atoms with E-state index in [1.807, 2.05) is 56.3 Å².